The number of sulfonamides is 1. The van der Waals surface area contributed by atoms with Crippen LogP contribution in [0, 0.1) is 0 Å². The predicted molar refractivity (Wildman–Crippen MR) is 122 cm³/mol. The molecule has 1 aliphatic heterocycles. The number of amides is 3. The molecule has 0 saturated carbocycles. The normalized spacial score (nSPS) is 13.2. The highest BCUT2D eigenvalue weighted by Gasteiger charge is 2.36. The number of rotatable bonds is 8. The molecule has 3 aromatic carbocycles. The zero-order valence-corrected chi connectivity index (χ0v) is 18.3. The van der Waals surface area contributed by atoms with Crippen LogP contribution in [0.4, 0.5) is 5.69 Å². The van der Waals surface area contributed by atoms with Crippen LogP contribution in [0.25, 0.3) is 0 Å². The minimum Gasteiger partial charge on any atom is -0.325 e. The molecule has 9 heteroatoms. The molecule has 3 aromatic rings. The number of imide groups is 1. The Hall–Kier alpha value is -3.82. The summed E-state index contributed by atoms with van der Waals surface area (Å²) in [5, 5.41) is 2.58. The van der Waals surface area contributed by atoms with Crippen molar-refractivity contribution >= 4 is 33.4 Å². The first kappa shape index (κ1) is 22.4. The van der Waals surface area contributed by atoms with E-state index in [0.717, 1.165) is 10.5 Å². The van der Waals surface area contributed by atoms with Gasteiger partial charge in [0, 0.05) is 12.2 Å². The van der Waals surface area contributed by atoms with Gasteiger partial charge >= 0.3 is 0 Å². The van der Waals surface area contributed by atoms with Gasteiger partial charge < -0.3 is 5.32 Å². The zero-order valence-electron chi connectivity index (χ0n) is 17.5. The van der Waals surface area contributed by atoms with E-state index in [0.29, 0.717) is 12.1 Å². The number of nitrogens with zero attached hydrogens (tertiary/aromatic N) is 1. The molecule has 168 valence electrons. The first-order valence-corrected chi connectivity index (χ1v) is 11.7. The summed E-state index contributed by atoms with van der Waals surface area (Å²) in [5.74, 6) is -1.61. The maximum atomic E-state index is 12.5. The SMILES string of the molecule is O=C(CN1C(=O)c2ccccc2C1=O)Nc1ccc(S(=O)(=O)NCCc2ccccc2)cc1. The van der Waals surface area contributed by atoms with E-state index in [9.17, 15) is 22.8 Å². The summed E-state index contributed by atoms with van der Waals surface area (Å²) in [7, 11) is -3.70. The van der Waals surface area contributed by atoms with Gasteiger partial charge in [0.25, 0.3) is 11.8 Å². The number of hydrogen-bond donors (Lipinski definition) is 2. The Morgan fingerprint density at radius 2 is 1.36 bits per heavy atom. The summed E-state index contributed by atoms with van der Waals surface area (Å²) >= 11 is 0. The van der Waals surface area contributed by atoms with Gasteiger partial charge in [-0.1, -0.05) is 42.5 Å². The second-order valence-electron chi connectivity index (χ2n) is 7.45. The molecule has 0 saturated heterocycles. The van der Waals surface area contributed by atoms with Crippen LogP contribution in [-0.4, -0.2) is 44.1 Å². The molecule has 1 heterocycles. The summed E-state index contributed by atoms with van der Waals surface area (Å²) in [5.41, 5.74) is 1.91. The van der Waals surface area contributed by atoms with Gasteiger partial charge in [-0.2, -0.15) is 0 Å². The summed E-state index contributed by atoms with van der Waals surface area (Å²) in [6.07, 6.45) is 0.562. The Bertz CT molecular complexity index is 1270. The Balaban J connectivity index is 1.33. The molecule has 0 fully saturated rings. The molecule has 33 heavy (non-hydrogen) atoms. The van der Waals surface area contributed by atoms with Crippen molar-refractivity contribution in [2.75, 3.05) is 18.4 Å². The van der Waals surface area contributed by atoms with Crippen molar-refractivity contribution in [3.8, 4) is 0 Å². The minimum absolute atomic E-state index is 0.0638. The van der Waals surface area contributed by atoms with Crippen molar-refractivity contribution in [3.63, 3.8) is 0 Å². The quantitative estimate of drug-likeness (QED) is 0.499. The molecule has 0 bridgehead atoms. The fraction of sp³-hybridized carbons (Fsp3) is 0.125. The van der Waals surface area contributed by atoms with E-state index in [1.807, 2.05) is 30.3 Å². The summed E-state index contributed by atoms with van der Waals surface area (Å²) in [6, 6.07) is 21.6. The first-order chi connectivity index (χ1) is 15.8. The van der Waals surface area contributed by atoms with Crippen molar-refractivity contribution in [1.82, 2.24) is 9.62 Å². The van der Waals surface area contributed by atoms with Gasteiger partial charge in [-0.05, 0) is 48.4 Å². The fourth-order valence-corrected chi connectivity index (χ4v) is 4.53. The number of carbonyl (C=O) groups excluding carboxylic acids is 3. The number of hydrogen-bond acceptors (Lipinski definition) is 5. The van der Waals surface area contributed by atoms with Crippen LogP contribution in [0.15, 0.2) is 83.8 Å². The van der Waals surface area contributed by atoms with Gasteiger partial charge in [0.05, 0.1) is 16.0 Å². The first-order valence-electron chi connectivity index (χ1n) is 10.2. The molecule has 0 atom stereocenters. The van der Waals surface area contributed by atoms with E-state index in [4.69, 9.17) is 0 Å². The molecule has 0 aromatic heterocycles. The highest BCUT2D eigenvalue weighted by atomic mass is 32.2. The lowest BCUT2D eigenvalue weighted by Gasteiger charge is -2.14. The maximum Gasteiger partial charge on any atom is 0.262 e. The largest absolute Gasteiger partial charge is 0.325 e. The van der Waals surface area contributed by atoms with Gasteiger partial charge in [0.2, 0.25) is 15.9 Å². The van der Waals surface area contributed by atoms with Crippen molar-refractivity contribution in [2.24, 2.45) is 0 Å². The third-order valence-corrected chi connectivity index (χ3v) is 6.65. The Morgan fingerprint density at radius 3 is 1.97 bits per heavy atom. The zero-order chi connectivity index (χ0) is 23.4. The molecule has 0 radical (unpaired) electrons. The van der Waals surface area contributed by atoms with Gasteiger partial charge in [0.1, 0.15) is 6.54 Å². The number of anilines is 1. The van der Waals surface area contributed by atoms with Crippen LogP contribution in [0.2, 0.25) is 0 Å². The molecule has 0 aliphatic carbocycles. The average molecular weight is 464 g/mol. The summed E-state index contributed by atoms with van der Waals surface area (Å²) in [4.78, 5) is 38.1. The van der Waals surface area contributed by atoms with Crippen LogP contribution in [0.1, 0.15) is 26.3 Å². The second kappa shape index (κ2) is 9.35. The topological polar surface area (TPSA) is 113 Å². The average Bonchev–Trinajstić information content (AvgIpc) is 3.05. The standard InChI is InChI=1S/C24H21N3O5S/c28-22(16-27-23(29)20-8-4-5-9-21(20)24(27)30)26-18-10-12-19(13-11-18)33(31,32)25-15-14-17-6-2-1-3-7-17/h1-13,25H,14-16H2,(H,26,28). The smallest absolute Gasteiger partial charge is 0.262 e. The van der Waals surface area contributed by atoms with E-state index in [1.54, 1.807) is 24.3 Å². The number of benzene rings is 3. The van der Waals surface area contributed by atoms with Crippen LogP contribution in [0.5, 0.6) is 0 Å². The number of nitrogens with one attached hydrogen (secondary N) is 2. The van der Waals surface area contributed by atoms with Crippen molar-refractivity contribution in [3.05, 3.63) is 95.6 Å². The molecule has 2 N–H and O–H groups in total. The van der Waals surface area contributed by atoms with E-state index in [1.165, 1.54) is 24.3 Å². The monoisotopic (exact) mass is 463 g/mol. The van der Waals surface area contributed by atoms with E-state index in [2.05, 4.69) is 10.0 Å². The molecule has 0 spiro atoms. The van der Waals surface area contributed by atoms with Gasteiger partial charge in [-0.3, -0.25) is 19.3 Å². The lowest BCUT2D eigenvalue weighted by molar-refractivity contribution is -0.116. The second-order valence-corrected chi connectivity index (χ2v) is 9.21. The van der Waals surface area contributed by atoms with Crippen LogP contribution in [0.3, 0.4) is 0 Å². The molecule has 1 aliphatic rings. The molecule has 0 unspecified atom stereocenters. The van der Waals surface area contributed by atoms with E-state index >= 15 is 0 Å². The maximum absolute atomic E-state index is 12.5. The lowest BCUT2D eigenvalue weighted by Crippen LogP contribution is -2.37. The molecule has 4 rings (SSSR count). The fourth-order valence-electron chi connectivity index (χ4n) is 3.50. The minimum atomic E-state index is -3.70. The van der Waals surface area contributed by atoms with Crippen molar-refractivity contribution in [2.45, 2.75) is 11.3 Å². The summed E-state index contributed by atoms with van der Waals surface area (Å²) < 4.78 is 27.5. The highest BCUT2D eigenvalue weighted by molar-refractivity contribution is 7.89. The molecule has 8 nitrogen and oxygen atoms in total. The van der Waals surface area contributed by atoms with E-state index < -0.39 is 34.3 Å². The predicted octanol–water partition coefficient (Wildman–Crippen LogP) is 2.44. The molecular weight excluding hydrogens is 442 g/mol. The van der Waals surface area contributed by atoms with Gasteiger partial charge in [-0.15, -0.1) is 0 Å². The Labute approximate surface area is 191 Å². The van der Waals surface area contributed by atoms with Gasteiger partial charge in [0.15, 0.2) is 0 Å². The number of carbonyl (C=O) groups is 3. The number of fused-ring (bicyclic) bond motifs is 1. The van der Waals surface area contributed by atoms with Crippen molar-refractivity contribution < 1.29 is 22.8 Å². The Morgan fingerprint density at radius 1 is 0.788 bits per heavy atom. The van der Waals surface area contributed by atoms with Gasteiger partial charge in [-0.25, -0.2) is 13.1 Å². The Kier molecular flexibility index (Phi) is 6.34. The summed E-state index contributed by atoms with van der Waals surface area (Å²) in [6.45, 7) is -0.182. The third-order valence-electron chi connectivity index (χ3n) is 5.18. The van der Waals surface area contributed by atoms with Crippen LogP contribution >= 0.6 is 0 Å². The molecule has 3 amide bonds. The third kappa shape index (κ3) is 5.00. The van der Waals surface area contributed by atoms with E-state index in [-0.39, 0.29) is 22.6 Å². The van der Waals surface area contributed by atoms with Crippen LogP contribution < -0.4 is 10.0 Å². The van der Waals surface area contributed by atoms with Crippen LogP contribution in [-0.2, 0) is 21.2 Å². The highest BCUT2D eigenvalue weighted by Crippen LogP contribution is 2.22. The van der Waals surface area contributed by atoms with Crippen molar-refractivity contribution in [1.29, 1.82) is 0 Å². The lowest BCUT2D eigenvalue weighted by atomic mass is 10.1. The molecular formula is C24H21N3O5S.